The van der Waals surface area contributed by atoms with Crippen molar-refractivity contribution in [3.63, 3.8) is 0 Å². The van der Waals surface area contributed by atoms with Crippen molar-refractivity contribution in [2.45, 2.75) is 19.8 Å². The number of carbonyl (C=O) groups is 1. The van der Waals surface area contributed by atoms with E-state index in [-0.39, 0.29) is 0 Å². The first-order chi connectivity index (χ1) is 6.24. The molecule has 0 saturated heterocycles. The summed E-state index contributed by atoms with van der Waals surface area (Å²) in [5, 5.41) is 8.88. The first-order valence-corrected chi connectivity index (χ1v) is 4.64. The van der Waals surface area contributed by atoms with E-state index < -0.39 is 6.09 Å². The van der Waals surface area contributed by atoms with Crippen LogP contribution in [0.1, 0.15) is 19.8 Å². The number of hydrogen-bond acceptors (Lipinski definition) is 4. The van der Waals surface area contributed by atoms with Crippen LogP contribution in [0.5, 0.6) is 0 Å². The van der Waals surface area contributed by atoms with Gasteiger partial charge in [0.25, 0.3) is 0 Å². The lowest BCUT2D eigenvalue weighted by molar-refractivity contribution is 0.153. The summed E-state index contributed by atoms with van der Waals surface area (Å²) < 4.78 is 0. The van der Waals surface area contributed by atoms with Gasteiger partial charge in [0.05, 0.1) is 0 Å². The lowest BCUT2D eigenvalue weighted by Gasteiger charge is -1.98. The highest BCUT2D eigenvalue weighted by Gasteiger charge is 2.00. The first-order valence-electron chi connectivity index (χ1n) is 3.82. The lowest BCUT2D eigenvalue weighted by atomic mass is 10.4. The first kappa shape index (κ1) is 11.8. The third-order valence-electron chi connectivity index (χ3n) is 1.08. The molecule has 4 nitrogen and oxygen atoms in total. The Hall–Kier alpha value is -1.15. The lowest BCUT2D eigenvalue weighted by Crippen LogP contribution is -2.17. The molecule has 1 N–H and O–H groups in total. The van der Waals surface area contributed by atoms with Crippen LogP contribution in [-0.4, -0.2) is 18.2 Å². The number of hydrogen-bond donors (Lipinski definition) is 1. The number of amides is 1. The molecule has 0 bridgehead atoms. The zero-order valence-electron chi connectivity index (χ0n) is 7.66. The smallest absolute Gasteiger partial charge is 0.323 e. The van der Waals surface area contributed by atoms with Crippen LogP contribution in [0.15, 0.2) is 5.16 Å². The molecular formula is C8H12N2O2S. The van der Waals surface area contributed by atoms with Crippen molar-refractivity contribution in [1.29, 1.82) is 0 Å². The van der Waals surface area contributed by atoms with Crippen molar-refractivity contribution in [2.24, 2.45) is 5.16 Å². The molecule has 0 aromatic carbocycles. The second-order valence-corrected chi connectivity index (χ2v) is 2.99. The third kappa shape index (κ3) is 6.05. The molecule has 5 heteroatoms. The summed E-state index contributed by atoms with van der Waals surface area (Å²) in [5.74, 6) is 0. The Bertz CT molecular complexity index is 233. The highest BCUT2D eigenvalue weighted by atomic mass is 32.2. The van der Waals surface area contributed by atoms with Crippen molar-refractivity contribution in [3.8, 4) is 11.7 Å². The molecule has 0 aliphatic carbocycles. The van der Waals surface area contributed by atoms with Crippen LogP contribution >= 0.6 is 11.8 Å². The Morgan fingerprint density at radius 3 is 2.92 bits per heavy atom. The van der Waals surface area contributed by atoms with Gasteiger partial charge in [-0.3, -0.25) is 4.84 Å². The number of oxime groups is 1. The van der Waals surface area contributed by atoms with E-state index in [1.165, 1.54) is 7.05 Å². The zero-order chi connectivity index (χ0) is 10.1. The van der Waals surface area contributed by atoms with E-state index in [9.17, 15) is 4.79 Å². The predicted octanol–water partition coefficient (Wildman–Crippen LogP) is 1.78. The minimum Gasteiger partial charge on any atom is -0.323 e. The Morgan fingerprint density at radius 1 is 1.77 bits per heavy atom. The number of nitrogens with zero attached hydrogens (tertiary/aromatic N) is 1. The van der Waals surface area contributed by atoms with E-state index in [4.69, 9.17) is 6.42 Å². The van der Waals surface area contributed by atoms with Gasteiger partial charge in [0, 0.05) is 7.05 Å². The predicted molar refractivity (Wildman–Crippen MR) is 54.3 cm³/mol. The fraction of sp³-hybridized carbons (Fsp3) is 0.500. The summed E-state index contributed by atoms with van der Waals surface area (Å²) in [5.41, 5.74) is 0. The Labute approximate surface area is 82.1 Å². The number of rotatable bonds is 3. The molecule has 0 fully saturated rings. The van der Waals surface area contributed by atoms with Gasteiger partial charge < -0.3 is 5.32 Å². The maximum absolute atomic E-state index is 10.6. The summed E-state index contributed by atoms with van der Waals surface area (Å²) >= 11 is 1.13. The van der Waals surface area contributed by atoms with Gasteiger partial charge in [0.15, 0.2) is 0 Å². The largest absolute Gasteiger partial charge is 0.433 e. The molecule has 0 radical (unpaired) electrons. The fourth-order valence-corrected chi connectivity index (χ4v) is 1.05. The van der Waals surface area contributed by atoms with Gasteiger partial charge in [-0.2, -0.15) is 0 Å². The molecule has 0 saturated carbocycles. The molecular weight excluding hydrogens is 188 g/mol. The van der Waals surface area contributed by atoms with E-state index in [1.807, 2.05) is 6.92 Å². The quantitative estimate of drug-likeness (QED) is 0.248. The van der Waals surface area contributed by atoms with E-state index in [0.717, 1.165) is 18.2 Å². The molecule has 1 amide bonds. The SMILES string of the molecule is C#CSC(CCC)=NOC(=O)NC. The molecule has 72 valence electrons. The molecule has 13 heavy (non-hydrogen) atoms. The summed E-state index contributed by atoms with van der Waals surface area (Å²) in [6.07, 6.45) is 6.10. The van der Waals surface area contributed by atoms with E-state index >= 15 is 0 Å². The topological polar surface area (TPSA) is 50.7 Å². The fourth-order valence-electron chi connectivity index (χ4n) is 0.535. The molecule has 0 unspecified atom stereocenters. The number of thioether (sulfide) groups is 1. The van der Waals surface area contributed by atoms with Gasteiger partial charge in [-0.05, 0) is 29.9 Å². The molecule has 0 heterocycles. The zero-order valence-corrected chi connectivity index (χ0v) is 8.48. The van der Waals surface area contributed by atoms with Crippen molar-refractivity contribution in [1.82, 2.24) is 5.32 Å². The Morgan fingerprint density at radius 2 is 2.46 bits per heavy atom. The highest BCUT2D eigenvalue weighted by molar-refractivity contribution is 8.17. The van der Waals surface area contributed by atoms with Crippen LogP contribution in [0.2, 0.25) is 0 Å². The van der Waals surface area contributed by atoms with Crippen LogP contribution < -0.4 is 5.32 Å². The average Bonchev–Trinajstić information content (AvgIpc) is 2.14. The second kappa shape index (κ2) is 7.50. The van der Waals surface area contributed by atoms with E-state index in [1.54, 1.807) is 0 Å². The Balaban J connectivity index is 4.03. The molecule has 0 rings (SSSR count). The summed E-state index contributed by atoms with van der Waals surface area (Å²) in [6.45, 7) is 1.99. The van der Waals surface area contributed by atoms with Gasteiger partial charge in [-0.25, -0.2) is 4.79 Å². The van der Waals surface area contributed by atoms with Crippen LogP contribution in [0.4, 0.5) is 4.79 Å². The van der Waals surface area contributed by atoms with Crippen molar-refractivity contribution >= 4 is 22.9 Å². The maximum atomic E-state index is 10.6. The molecule has 0 aliphatic heterocycles. The Kier molecular flexibility index (Phi) is 6.83. The molecule has 0 aliphatic rings. The van der Waals surface area contributed by atoms with Gasteiger partial charge in [-0.1, -0.05) is 12.1 Å². The van der Waals surface area contributed by atoms with Crippen molar-refractivity contribution in [3.05, 3.63) is 0 Å². The van der Waals surface area contributed by atoms with Gasteiger partial charge >= 0.3 is 6.09 Å². The van der Waals surface area contributed by atoms with Crippen LogP contribution in [0.3, 0.4) is 0 Å². The summed E-state index contributed by atoms with van der Waals surface area (Å²) in [6, 6.07) is 0. The molecule has 0 aromatic rings. The van der Waals surface area contributed by atoms with Crippen LogP contribution in [-0.2, 0) is 4.84 Å². The van der Waals surface area contributed by atoms with Crippen LogP contribution in [0.25, 0.3) is 0 Å². The van der Waals surface area contributed by atoms with E-state index in [0.29, 0.717) is 11.5 Å². The van der Waals surface area contributed by atoms with Crippen LogP contribution in [0, 0.1) is 11.7 Å². The summed E-state index contributed by atoms with van der Waals surface area (Å²) in [4.78, 5) is 15.1. The normalized spacial score (nSPS) is 10.4. The molecule has 0 aromatic heterocycles. The third-order valence-corrected chi connectivity index (χ3v) is 1.71. The second-order valence-electron chi connectivity index (χ2n) is 2.08. The van der Waals surface area contributed by atoms with Crippen molar-refractivity contribution in [2.75, 3.05) is 7.05 Å². The average molecular weight is 200 g/mol. The van der Waals surface area contributed by atoms with Gasteiger partial charge in [0.1, 0.15) is 5.04 Å². The number of carbonyl (C=O) groups excluding carboxylic acids is 1. The minimum absolute atomic E-state index is 0.591. The minimum atomic E-state index is -0.591. The summed E-state index contributed by atoms with van der Waals surface area (Å²) in [7, 11) is 1.46. The van der Waals surface area contributed by atoms with Gasteiger partial charge in [-0.15, -0.1) is 6.42 Å². The standard InChI is InChI=1S/C8H12N2O2S/c1-4-6-7(13-5-2)10-12-8(11)9-3/h2H,4,6H2,1,3H3,(H,9,11). The monoisotopic (exact) mass is 200 g/mol. The van der Waals surface area contributed by atoms with E-state index in [2.05, 4.69) is 20.6 Å². The highest BCUT2D eigenvalue weighted by Crippen LogP contribution is 2.07. The number of terminal acetylenes is 1. The van der Waals surface area contributed by atoms with Crippen molar-refractivity contribution < 1.29 is 9.63 Å². The molecule has 0 spiro atoms. The molecule has 0 atom stereocenters. The number of nitrogens with one attached hydrogen (secondary N) is 1. The maximum Gasteiger partial charge on any atom is 0.433 e. The van der Waals surface area contributed by atoms with Gasteiger partial charge in [0.2, 0.25) is 0 Å².